The van der Waals surface area contributed by atoms with Crippen LogP contribution < -0.4 is 5.73 Å². The molecule has 2 aromatic heterocycles. The summed E-state index contributed by atoms with van der Waals surface area (Å²) in [5, 5.41) is 6.45. The van der Waals surface area contributed by atoms with Gasteiger partial charge in [-0.3, -0.25) is 4.68 Å². The quantitative estimate of drug-likeness (QED) is 0.659. The minimum atomic E-state index is -0.293. The molecule has 0 atom stereocenters. The Morgan fingerprint density at radius 1 is 1.35 bits per heavy atom. The van der Waals surface area contributed by atoms with E-state index in [-0.39, 0.29) is 5.82 Å². The maximum Gasteiger partial charge on any atom is 0.131 e. The molecule has 0 saturated heterocycles. The van der Waals surface area contributed by atoms with Gasteiger partial charge in [0.2, 0.25) is 0 Å². The molecule has 102 valence electrons. The Bertz CT molecular complexity index is 779. The van der Waals surface area contributed by atoms with Crippen molar-refractivity contribution in [3.8, 4) is 22.4 Å². The molecule has 3 rings (SSSR count). The molecule has 0 radical (unpaired) electrons. The molecular weight excluding hydrogens is 388 g/mol. The van der Waals surface area contributed by atoms with Gasteiger partial charge in [-0.2, -0.15) is 5.10 Å². The Hall–Kier alpha value is -1.41. The van der Waals surface area contributed by atoms with E-state index in [0.29, 0.717) is 22.6 Å². The van der Waals surface area contributed by atoms with Crippen molar-refractivity contribution < 1.29 is 4.39 Å². The van der Waals surface area contributed by atoms with Crippen molar-refractivity contribution in [2.45, 2.75) is 0 Å². The number of rotatable bonds is 2. The van der Waals surface area contributed by atoms with E-state index in [4.69, 9.17) is 5.73 Å². The highest BCUT2D eigenvalue weighted by molar-refractivity contribution is 14.1. The highest BCUT2D eigenvalue weighted by Crippen LogP contribution is 2.38. The van der Waals surface area contributed by atoms with Gasteiger partial charge in [0, 0.05) is 23.6 Å². The first-order chi connectivity index (χ1) is 9.58. The molecule has 0 saturated carbocycles. The first kappa shape index (κ1) is 13.6. The van der Waals surface area contributed by atoms with Crippen LogP contribution in [-0.2, 0) is 7.05 Å². The van der Waals surface area contributed by atoms with Crippen LogP contribution in [0.4, 0.5) is 10.2 Å². The van der Waals surface area contributed by atoms with Crippen LogP contribution in [-0.4, -0.2) is 9.78 Å². The lowest BCUT2D eigenvalue weighted by Crippen LogP contribution is -1.98. The van der Waals surface area contributed by atoms with Gasteiger partial charge in [0.05, 0.1) is 8.45 Å². The second-order valence-electron chi connectivity index (χ2n) is 4.35. The van der Waals surface area contributed by atoms with Gasteiger partial charge in [-0.15, -0.1) is 11.3 Å². The number of nitrogens with two attached hydrogens (primary N) is 1. The van der Waals surface area contributed by atoms with E-state index in [2.05, 4.69) is 27.7 Å². The Labute approximate surface area is 133 Å². The molecule has 0 aliphatic heterocycles. The summed E-state index contributed by atoms with van der Waals surface area (Å²) in [5.74, 6) is 0.171. The number of nitrogens with zero attached hydrogens (tertiary/aromatic N) is 2. The summed E-state index contributed by atoms with van der Waals surface area (Å²) in [4.78, 5) is 0. The van der Waals surface area contributed by atoms with E-state index in [1.807, 2.05) is 11.4 Å². The van der Waals surface area contributed by atoms with Gasteiger partial charge in [-0.1, -0.05) is 18.2 Å². The molecule has 20 heavy (non-hydrogen) atoms. The van der Waals surface area contributed by atoms with Gasteiger partial charge in [-0.25, -0.2) is 4.39 Å². The van der Waals surface area contributed by atoms with Crippen molar-refractivity contribution in [3.63, 3.8) is 0 Å². The lowest BCUT2D eigenvalue weighted by atomic mass is 10.0. The summed E-state index contributed by atoms with van der Waals surface area (Å²) < 4.78 is 16.8. The second-order valence-corrected chi connectivity index (χ2v) is 7.16. The van der Waals surface area contributed by atoms with Gasteiger partial charge in [0.15, 0.2) is 0 Å². The summed E-state index contributed by atoms with van der Waals surface area (Å²) in [6, 6.07) is 8.65. The topological polar surface area (TPSA) is 43.8 Å². The maximum atomic E-state index is 14.1. The fourth-order valence-corrected chi connectivity index (χ4v) is 3.43. The summed E-state index contributed by atoms with van der Waals surface area (Å²) in [5.41, 5.74) is 8.90. The van der Waals surface area contributed by atoms with Crippen LogP contribution in [0.5, 0.6) is 0 Å². The summed E-state index contributed by atoms with van der Waals surface area (Å²) >= 11 is 3.88. The van der Waals surface area contributed by atoms with E-state index >= 15 is 0 Å². The molecule has 3 nitrogen and oxygen atoms in total. The fourth-order valence-electron chi connectivity index (χ4n) is 2.10. The Balaban J connectivity index is 2.28. The maximum absolute atomic E-state index is 14.1. The lowest BCUT2D eigenvalue weighted by molar-refractivity contribution is 0.631. The molecule has 2 N–H and O–H groups in total. The van der Waals surface area contributed by atoms with Crippen LogP contribution in [0.15, 0.2) is 35.7 Å². The van der Waals surface area contributed by atoms with E-state index in [1.165, 1.54) is 6.07 Å². The van der Waals surface area contributed by atoms with E-state index in [9.17, 15) is 4.39 Å². The zero-order valence-electron chi connectivity index (χ0n) is 10.6. The Morgan fingerprint density at radius 3 is 2.75 bits per heavy atom. The largest absolute Gasteiger partial charge is 0.383 e. The Kier molecular flexibility index (Phi) is 3.51. The molecule has 0 amide bonds. The number of aryl methyl sites for hydroxylation is 1. The molecule has 0 aliphatic carbocycles. The van der Waals surface area contributed by atoms with Crippen molar-refractivity contribution >= 4 is 39.7 Å². The molecule has 0 spiro atoms. The molecule has 0 bridgehead atoms. The first-order valence-electron chi connectivity index (χ1n) is 5.89. The number of nitrogen functional groups attached to an aromatic ring is 1. The monoisotopic (exact) mass is 399 g/mol. The number of hydrogen-bond donors (Lipinski definition) is 1. The SMILES string of the molecule is Cn1nc(-c2csc(I)c2)c(-c2ccccc2F)c1N. The number of benzene rings is 1. The van der Waals surface area contributed by atoms with E-state index < -0.39 is 0 Å². The van der Waals surface area contributed by atoms with Crippen LogP contribution in [0.1, 0.15) is 0 Å². The average Bonchev–Trinajstić information content (AvgIpc) is 2.96. The third-order valence-corrected chi connectivity index (χ3v) is 4.86. The number of aromatic nitrogens is 2. The van der Waals surface area contributed by atoms with Crippen LogP contribution in [0.2, 0.25) is 0 Å². The second kappa shape index (κ2) is 5.17. The number of halogens is 2. The van der Waals surface area contributed by atoms with Crippen molar-refractivity contribution in [3.05, 3.63) is 44.4 Å². The van der Waals surface area contributed by atoms with Crippen molar-refractivity contribution in [2.75, 3.05) is 5.73 Å². The molecule has 2 heterocycles. The molecule has 1 aromatic carbocycles. The average molecular weight is 399 g/mol. The highest BCUT2D eigenvalue weighted by atomic mass is 127. The normalized spacial score (nSPS) is 10.9. The molecule has 0 unspecified atom stereocenters. The number of thiophene rings is 1. The number of hydrogen-bond acceptors (Lipinski definition) is 3. The van der Waals surface area contributed by atoms with Gasteiger partial charge < -0.3 is 5.73 Å². The molecule has 6 heteroatoms. The van der Waals surface area contributed by atoms with Crippen LogP contribution >= 0.6 is 33.9 Å². The number of anilines is 1. The molecule has 0 fully saturated rings. The van der Waals surface area contributed by atoms with Crippen molar-refractivity contribution in [2.24, 2.45) is 7.05 Å². The van der Waals surface area contributed by atoms with Crippen LogP contribution in [0.25, 0.3) is 22.4 Å². The summed E-state index contributed by atoms with van der Waals surface area (Å²) in [7, 11) is 1.76. The van der Waals surface area contributed by atoms with Crippen LogP contribution in [0.3, 0.4) is 0 Å². The fraction of sp³-hybridized carbons (Fsp3) is 0.0714. The van der Waals surface area contributed by atoms with E-state index in [1.54, 1.807) is 41.3 Å². The predicted octanol–water partition coefficient (Wildman–Crippen LogP) is 4.14. The van der Waals surface area contributed by atoms with Crippen molar-refractivity contribution in [1.82, 2.24) is 9.78 Å². The van der Waals surface area contributed by atoms with Gasteiger partial charge in [0.25, 0.3) is 0 Å². The van der Waals surface area contributed by atoms with E-state index in [0.717, 1.165) is 8.45 Å². The molecular formula is C14H11FIN3S. The zero-order chi connectivity index (χ0) is 14.3. The predicted molar refractivity (Wildman–Crippen MR) is 89.0 cm³/mol. The smallest absolute Gasteiger partial charge is 0.131 e. The zero-order valence-corrected chi connectivity index (χ0v) is 13.6. The van der Waals surface area contributed by atoms with Crippen LogP contribution in [0, 0.1) is 8.70 Å². The molecule has 0 aliphatic rings. The third-order valence-electron chi connectivity index (χ3n) is 3.08. The summed E-state index contributed by atoms with van der Waals surface area (Å²) in [6.45, 7) is 0. The summed E-state index contributed by atoms with van der Waals surface area (Å²) in [6.07, 6.45) is 0. The minimum absolute atomic E-state index is 0.293. The van der Waals surface area contributed by atoms with Gasteiger partial charge in [0.1, 0.15) is 17.3 Å². The minimum Gasteiger partial charge on any atom is -0.383 e. The van der Waals surface area contributed by atoms with Crippen molar-refractivity contribution in [1.29, 1.82) is 0 Å². The lowest BCUT2D eigenvalue weighted by Gasteiger charge is -2.04. The Morgan fingerprint density at radius 2 is 2.10 bits per heavy atom. The van der Waals surface area contributed by atoms with Gasteiger partial charge in [-0.05, 0) is 34.7 Å². The molecule has 3 aromatic rings. The first-order valence-corrected chi connectivity index (χ1v) is 7.85. The standard InChI is InChI=1S/C14H11FIN3S/c1-19-14(17)12(9-4-2-3-5-10(9)15)13(18-19)8-6-11(16)20-7-8/h2-7H,17H2,1H3. The highest BCUT2D eigenvalue weighted by Gasteiger charge is 2.20. The third kappa shape index (κ3) is 2.22. The van der Waals surface area contributed by atoms with Gasteiger partial charge >= 0.3 is 0 Å².